The summed E-state index contributed by atoms with van der Waals surface area (Å²) in [6.45, 7) is 4.54. The van der Waals surface area contributed by atoms with Crippen molar-refractivity contribution in [3.8, 4) is 0 Å². The first-order chi connectivity index (χ1) is 7.30. The van der Waals surface area contributed by atoms with Gasteiger partial charge in [0.25, 0.3) is 10.2 Å². The number of hydrogen-bond acceptors (Lipinski definition) is 2. The van der Waals surface area contributed by atoms with E-state index in [-0.39, 0.29) is 0 Å². The van der Waals surface area contributed by atoms with Crippen LogP contribution >= 0.6 is 0 Å². The van der Waals surface area contributed by atoms with E-state index in [1.165, 1.54) is 12.6 Å². The Bertz CT molecular complexity index is 438. The number of hydrogen-bond donors (Lipinski definition) is 1. The third-order valence-corrected chi connectivity index (χ3v) is 3.48. The molecule has 0 spiro atoms. The second-order valence-corrected chi connectivity index (χ2v) is 5.85. The van der Waals surface area contributed by atoms with Gasteiger partial charge in [-0.2, -0.15) is 12.7 Å². The maximum atomic E-state index is 11.0. The molecule has 90 valence electrons. The molecule has 0 unspecified atom stereocenters. The van der Waals surface area contributed by atoms with Gasteiger partial charge in [-0.1, -0.05) is 38.1 Å². The molecule has 0 saturated heterocycles. The van der Waals surface area contributed by atoms with Crippen molar-refractivity contribution in [1.82, 2.24) is 4.31 Å². The summed E-state index contributed by atoms with van der Waals surface area (Å²) in [4.78, 5) is 0. The molecule has 0 aromatic heterocycles. The van der Waals surface area contributed by atoms with Crippen LogP contribution in [-0.2, 0) is 16.8 Å². The molecule has 1 aromatic rings. The zero-order valence-electron chi connectivity index (χ0n) is 9.84. The van der Waals surface area contributed by atoms with Gasteiger partial charge in [0.1, 0.15) is 0 Å². The van der Waals surface area contributed by atoms with Crippen LogP contribution in [0.5, 0.6) is 0 Å². The monoisotopic (exact) mass is 242 g/mol. The van der Waals surface area contributed by atoms with Crippen molar-refractivity contribution in [2.24, 2.45) is 5.14 Å². The molecule has 0 fully saturated rings. The van der Waals surface area contributed by atoms with Crippen molar-refractivity contribution in [1.29, 1.82) is 0 Å². The summed E-state index contributed by atoms with van der Waals surface area (Å²) < 4.78 is 23.2. The predicted octanol–water partition coefficient (Wildman–Crippen LogP) is 1.45. The average Bonchev–Trinajstić information content (AvgIpc) is 2.17. The van der Waals surface area contributed by atoms with E-state index < -0.39 is 10.2 Å². The molecule has 16 heavy (non-hydrogen) atoms. The van der Waals surface area contributed by atoms with Gasteiger partial charge in [-0.05, 0) is 17.0 Å². The fourth-order valence-corrected chi connectivity index (χ4v) is 1.68. The van der Waals surface area contributed by atoms with E-state index in [0.29, 0.717) is 12.5 Å². The molecule has 1 rings (SSSR count). The lowest BCUT2D eigenvalue weighted by Crippen LogP contribution is -2.32. The van der Waals surface area contributed by atoms with Crippen LogP contribution in [0.2, 0.25) is 0 Å². The van der Waals surface area contributed by atoms with Crippen molar-refractivity contribution < 1.29 is 8.42 Å². The first kappa shape index (κ1) is 13.2. The first-order valence-electron chi connectivity index (χ1n) is 5.13. The number of rotatable bonds is 4. The highest BCUT2D eigenvalue weighted by Gasteiger charge is 2.11. The third kappa shape index (κ3) is 3.59. The Kier molecular flexibility index (Phi) is 4.07. The van der Waals surface area contributed by atoms with E-state index in [9.17, 15) is 8.42 Å². The summed E-state index contributed by atoms with van der Waals surface area (Å²) in [5.74, 6) is 0.477. The molecule has 0 aliphatic carbocycles. The van der Waals surface area contributed by atoms with E-state index in [1.807, 2.05) is 24.3 Å². The molecule has 1 aromatic carbocycles. The fraction of sp³-hybridized carbons (Fsp3) is 0.455. The van der Waals surface area contributed by atoms with Crippen LogP contribution in [0.3, 0.4) is 0 Å². The van der Waals surface area contributed by atoms with Crippen LogP contribution < -0.4 is 5.14 Å². The summed E-state index contributed by atoms with van der Waals surface area (Å²) >= 11 is 0. The molecule has 2 N–H and O–H groups in total. The van der Waals surface area contributed by atoms with Crippen LogP contribution in [0.1, 0.15) is 30.9 Å². The van der Waals surface area contributed by atoms with Gasteiger partial charge in [-0.3, -0.25) is 0 Å². The van der Waals surface area contributed by atoms with Gasteiger partial charge in [0, 0.05) is 13.6 Å². The van der Waals surface area contributed by atoms with Gasteiger partial charge in [-0.25, -0.2) is 5.14 Å². The normalized spacial score (nSPS) is 12.4. The van der Waals surface area contributed by atoms with Crippen molar-refractivity contribution in [2.45, 2.75) is 26.3 Å². The Hall–Kier alpha value is -0.910. The second-order valence-electron chi connectivity index (χ2n) is 4.20. The highest BCUT2D eigenvalue weighted by molar-refractivity contribution is 7.86. The first-order valence-corrected chi connectivity index (χ1v) is 6.64. The van der Waals surface area contributed by atoms with Crippen LogP contribution in [0.4, 0.5) is 0 Å². The van der Waals surface area contributed by atoms with Gasteiger partial charge in [-0.15, -0.1) is 0 Å². The fourth-order valence-electron chi connectivity index (χ4n) is 1.36. The minimum atomic E-state index is -3.59. The number of benzene rings is 1. The molecule has 0 bridgehead atoms. The summed E-state index contributed by atoms with van der Waals surface area (Å²) in [7, 11) is -2.13. The lowest BCUT2D eigenvalue weighted by molar-refractivity contribution is 0.468. The Balaban J connectivity index is 2.77. The van der Waals surface area contributed by atoms with Gasteiger partial charge < -0.3 is 0 Å². The largest absolute Gasteiger partial charge is 0.276 e. The molecular weight excluding hydrogens is 224 g/mol. The van der Waals surface area contributed by atoms with Crippen molar-refractivity contribution in [3.05, 3.63) is 35.4 Å². The van der Waals surface area contributed by atoms with E-state index in [4.69, 9.17) is 5.14 Å². The summed E-state index contributed by atoms with van der Waals surface area (Å²) in [6.07, 6.45) is 0. The van der Waals surface area contributed by atoms with Gasteiger partial charge in [0.2, 0.25) is 0 Å². The topological polar surface area (TPSA) is 63.4 Å². The van der Waals surface area contributed by atoms with Crippen molar-refractivity contribution in [2.75, 3.05) is 7.05 Å². The molecular formula is C11H18N2O2S. The molecule has 0 atom stereocenters. The van der Waals surface area contributed by atoms with E-state index >= 15 is 0 Å². The zero-order chi connectivity index (χ0) is 12.3. The zero-order valence-corrected chi connectivity index (χ0v) is 10.7. The van der Waals surface area contributed by atoms with Crippen molar-refractivity contribution >= 4 is 10.2 Å². The Morgan fingerprint density at radius 3 is 2.12 bits per heavy atom. The maximum Gasteiger partial charge on any atom is 0.276 e. The summed E-state index contributed by atoms with van der Waals surface area (Å²) in [5.41, 5.74) is 2.17. The van der Waals surface area contributed by atoms with Gasteiger partial charge >= 0.3 is 0 Å². The average molecular weight is 242 g/mol. The Morgan fingerprint density at radius 1 is 1.25 bits per heavy atom. The molecule has 0 radical (unpaired) electrons. The highest BCUT2D eigenvalue weighted by atomic mass is 32.2. The quantitative estimate of drug-likeness (QED) is 0.868. The predicted molar refractivity (Wildman–Crippen MR) is 65.1 cm³/mol. The number of nitrogens with zero attached hydrogens (tertiary/aromatic N) is 1. The van der Waals surface area contributed by atoms with Crippen LogP contribution in [-0.4, -0.2) is 19.8 Å². The lowest BCUT2D eigenvalue weighted by Gasteiger charge is -2.14. The molecule has 0 aliphatic rings. The van der Waals surface area contributed by atoms with E-state index in [2.05, 4.69) is 13.8 Å². The standard InChI is InChI=1S/C11H18N2O2S/c1-9(2)11-6-4-10(5-7-11)8-13(3)16(12,14)15/h4-7,9H,8H2,1-3H3,(H2,12,14,15). The molecule has 0 heterocycles. The maximum absolute atomic E-state index is 11.0. The molecule has 0 amide bonds. The SMILES string of the molecule is CC(C)c1ccc(CN(C)S(N)(=O)=O)cc1. The molecule has 4 nitrogen and oxygen atoms in total. The minimum absolute atomic E-state index is 0.303. The summed E-state index contributed by atoms with van der Waals surface area (Å²) in [5, 5.41) is 5.00. The van der Waals surface area contributed by atoms with Crippen LogP contribution in [0.25, 0.3) is 0 Å². The molecule has 5 heteroatoms. The smallest absolute Gasteiger partial charge is 0.216 e. The van der Waals surface area contributed by atoms with Crippen LogP contribution in [0, 0.1) is 0 Å². The van der Waals surface area contributed by atoms with Gasteiger partial charge in [0.15, 0.2) is 0 Å². The number of nitrogens with two attached hydrogens (primary N) is 1. The Morgan fingerprint density at radius 2 is 1.75 bits per heavy atom. The highest BCUT2D eigenvalue weighted by Crippen LogP contribution is 2.15. The minimum Gasteiger partial charge on any atom is -0.216 e. The van der Waals surface area contributed by atoms with Gasteiger partial charge in [0.05, 0.1) is 0 Å². The van der Waals surface area contributed by atoms with Crippen molar-refractivity contribution in [3.63, 3.8) is 0 Å². The van der Waals surface area contributed by atoms with E-state index in [1.54, 1.807) is 0 Å². The lowest BCUT2D eigenvalue weighted by atomic mass is 10.0. The molecule has 0 aliphatic heterocycles. The summed E-state index contributed by atoms with van der Waals surface area (Å²) in [6, 6.07) is 7.88. The second kappa shape index (κ2) is 4.95. The van der Waals surface area contributed by atoms with E-state index in [0.717, 1.165) is 9.87 Å². The molecule has 0 saturated carbocycles. The Labute approximate surface area is 97.3 Å². The third-order valence-electron chi connectivity index (χ3n) is 2.49. The van der Waals surface area contributed by atoms with Crippen LogP contribution in [0.15, 0.2) is 24.3 Å².